The van der Waals surface area contributed by atoms with E-state index >= 15 is 0 Å². The summed E-state index contributed by atoms with van der Waals surface area (Å²) in [5, 5.41) is 4.27. The largest absolute Gasteiger partial charge is 0.259 e. The number of rotatable bonds is 3. The second-order valence-electron chi connectivity index (χ2n) is 4.27. The van der Waals surface area contributed by atoms with Crippen LogP contribution in [0.15, 0.2) is 53.6 Å². The van der Waals surface area contributed by atoms with Crippen LogP contribution in [0.5, 0.6) is 0 Å². The van der Waals surface area contributed by atoms with E-state index in [1.54, 1.807) is 18.3 Å². The predicted molar refractivity (Wildman–Crippen MR) is 82.2 cm³/mol. The molecule has 0 atom stereocenters. The molecular weight excluding hydrogens is 291 g/mol. The van der Waals surface area contributed by atoms with Gasteiger partial charge >= 0.3 is 0 Å². The molecule has 1 N–H and O–H groups in total. The van der Waals surface area contributed by atoms with Gasteiger partial charge in [-0.05, 0) is 29.8 Å². The Balaban J connectivity index is 1.81. The third-order valence-electron chi connectivity index (χ3n) is 2.78. The van der Waals surface area contributed by atoms with Crippen molar-refractivity contribution in [3.05, 3.63) is 65.1 Å². The van der Waals surface area contributed by atoms with Crippen LogP contribution in [0.2, 0.25) is 5.15 Å². The zero-order chi connectivity index (χ0) is 14.7. The van der Waals surface area contributed by atoms with Gasteiger partial charge in [0.15, 0.2) is 11.0 Å². The lowest BCUT2D eigenvalue weighted by molar-refractivity contribution is 0.628. The maximum Gasteiger partial charge on any atom is 0.185 e. The first-order valence-corrected chi connectivity index (χ1v) is 6.57. The number of nitrogens with zero attached hydrogens (tertiary/aromatic N) is 3. The highest BCUT2D eigenvalue weighted by Crippen LogP contribution is 2.20. The van der Waals surface area contributed by atoms with Crippen LogP contribution < -0.4 is 5.43 Å². The molecule has 0 aliphatic carbocycles. The van der Waals surface area contributed by atoms with Crippen molar-refractivity contribution in [3.63, 3.8) is 0 Å². The molecule has 0 aliphatic heterocycles. The summed E-state index contributed by atoms with van der Waals surface area (Å²) in [6.07, 6.45) is 1.55. The normalized spacial score (nSPS) is 11.1. The molecule has 21 heavy (non-hydrogen) atoms. The first-order valence-electron chi connectivity index (χ1n) is 6.19. The monoisotopic (exact) mass is 300 g/mol. The summed E-state index contributed by atoms with van der Waals surface area (Å²) in [4.78, 5) is 8.57. The van der Waals surface area contributed by atoms with E-state index in [4.69, 9.17) is 11.6 Å². The molecule has 6 heteroatoms. The lowest BCUT2D eigenvalue weighted by atomic mass is 10.2. The highest BCUT2D eigenvalue weighted by Gasteiger charge is 2.05. The first-order chi connectivity index (χ1) is 10.2. The van der Waals surface area contributed by atoms with Crippen molar-refractivity contribution < 1.29 is 4.39 Å². The molecule has 0 saturated carbocycles. The van der Waals surface area contributed by atoms with Gasteiger partial charge in [-0.1, -0.05) is 35.9 Å². The van der Waals surface area contributed by atoms with Crippen LogP contribution >= 0.6 is 11.6 Å². The summed E-state index contributed by atoms with van der Waals surface area (Å²) in [5.41, 5.74) is 4.94. The Morgan fingerprint density at radius 3 is 2.38 bits per heavy atom. The molecule has 104 valence electrons. The van der Waals surface area contributed by atoms with E-state index in [2.05, 4.69) is 20.5 Å². The number of hydrogen-bond acceptors (Lipinski definition) is 4. The molecule has 0 fully saturated rings. The van der Waals surface area contributed by atoms with Gasteiger partial charge in [-0.3, -0.25) is 5.43 Å². The second kappa shape index (κ2) is 5.85. The SMILES string of the molecule is Fc1ccc(C=NNc2nc3ccccc3nc2Cl)cc1. The summed E-state index contributed by atoms with van der Waals surface area (Å²) in [6, 6.07) is 13.4. The molecule has 0 aliphatic rings. The Morgan fingerprint density at radius 1 is 1.00 bits per heavy atom. The molecule has 4 nitrogen and oxygen atoms in total. The number of nitrogens with one attached hydrogen (secondary N) is 1. The van der Waals surface area contributed by atoms with E-state index < -0.39 is 0 Å². The summed E-state index contributed by atoms with van der Waals surface area (Å²) in [7, 11) is 0. The molecule has 0 spiro atoms. The molecule has 0 unspecified atom stereocenters. The van der Waals surface area contributed by atoms with E-state index in [1.165, 1.54) is 12.1 Å². The molecule has 0 saturated heterocycles. The van der Waals surface area contributed by atoms with E-state index in [0.717, 1.165) is 16.6 Å². The quantitative estimate of drug-likeness (QED) is 0.590. The van der Waals surface area contributed by atoms with Crippen molar-refractivity contribution in [2.45, 2.75) is 0 Å². The van der Waals surface area contributed by atoms with Crippen LogP contribution in [0.1, 0.15) is 5.56 Å². The summed E-state index contributed by atoms with van der Waals surface area (Å²) < 4.78 is 12.8. The minimum atomic E-state index is -0.288. The third kappa shape index (κ3) is 3.14. The number of aromatic nitrogens is 2. The zero-order valence-corrected chi connectivity index (χ0v) is 11.5. The molecule has 1 heterocycles. The Bertz CT molecular complexity index is 802. The van der Waals surface area contributed by atoms with Crippen LogP contribution in [-0.4, -0.2) is 16.2 Å². The van der Waals surface area contributed by atoms with Crippen LogP contribution in [0, 0.1) is 5.82 Å². The summed E-state index contributed by atoms with van der Waals surface area (Å²) in [5.74, 6) is 0.0808. The molecule has 0 bridgehead atoms. The third-order valence-corrected chi connectivity index (χ3v) is 3.05. The maximum atomic E-state index is 12.8. The van der Waals surface area contributed by atoms with Gasteiger partial charge in [-0.25, -0.2) is 14.4 Å². The first kappa shape index (κ1) is 13.5. The van der Waals surface area contributed by atoms with Crippen molar-refractivity contribution in [2.24, 2.45) is 5.10 Å². The fourth-order valence-corrected chi connectivity index (χ4v) is 1.94. The minimum absolute atomic E-state index is 0.241. The van der Waals surface area contributed by atoms with E-state index in [1.807, 2.05) is 24.3 Å². The second-order valence-corrected chi connectivity index (χ2v) is 4.63. The van der Waals surface area contributed by atoms with Gasteiger partial charge in [0.1, 0.15) is 5.82 Å². The van der Waals surface area contributed by atoms with Gasteiger partial charge in [-0.15, -0.1) is 0 Å². The number of hydrogen-bond donors (Lipinski definition) is 1. The van der Waals surface area contributed by atoms with Crippen molar-refractivity contribution in [3.8, 4) is 0 Å². The van der Waals surface area contributed by atoms with Crippen LogP contribution in [0.3, 0.4) is 0 Å². The van der Waals surface area contributed by atoms with Crippen LogP contribution in [0.4, 0.5) is 10.2 Å². The van der Waals surface area contributed by atoms with E-state index in [9.17, 15) is 4.39 Å². The van der Waals surface area contributed by atoms with Crippen molar-refractivity contribution in [2.75, 3.05) is 5.43 Å². The number of halogens is 2. The molecule has 1 aromatic heterocycles. The lowest BCUT2D eigenvalue weighted by Crippen LogP contribution is -1.97. The molecule has 0 radical (unpaired) electrons. The smallest absolute Gasteiger partial charge is 0.185 e. The summed E-state index contributed by atoms with van der Waals surface area (Å²) in [6.45, 7) is 0. The van der Waals surface area contributed by atoms with Gasteiger partial charge in [0.25, 0.3) is 0 Å². The highest BCUT2D eigenvalue weighted by atomic mass is 35.5. The number of anilines is 1. The number of fused-ring (bicyclic) bond motifs is 1. The predicted octanol–water partition coefficient (Wildman–Crippen LogP) is 3.87. The van der Waals surface area contributed by atoms with E-state index in [0.29, 0.717) is 5.82 Å². The average molecular weight is 301 g/mol. The maximum absolute atomic E-state index is 12.8. The Hall–Kier alpha value is -2.53. The minimum Gasteiger partial charge on any atom is -0.259 e. The molecule has 3 rings (SSSR count). The van der Waals surface area contributed by atoms with Gasteiger partial charge < -0.3 is 0 Å². The molecule has 3 aromatic rings. The number of hydrazone groups is 1. The van der Waals surface area contributed by atoms with Gasteiger partial charge in [0.2, 0.25) is 0 Å². The van der Waals surface area contributed by atoms with Crippen LogP contribution in [0.25, 0.3) is 11.0 Å². The topological polar surface area (TPSA) is 50.2 Å². The molecular formula is C15H10ClFN4. The average Bonchev–Trinajstić information content (AvgIpc) is 2.50. The van der Waals surface area contributed by atoms with Gasteiger partial charge in [0.05, 0.1) is 17.2 Å². The number of benzene rings is 2. The Morgan fingerprint density at radius 2 is 1.67 bits per heavy atom. The fourth-order valence-electron chi connectivity index (χ4n) is 1.77. The Labute approximate surface area is 125 Å². The van der Waals surface area contributed by atoms with Gasteiger partial charge in [-0.2, -0.15) is 5.10 Å². The molecule has 0 amide bonds. The standard InChI is InChI=1S/C15H10ClFN4/c16-14-15(20-13-4-2-1-3-12(13)19-14)21-18-9-10-5-7-11(17)8-6-10/h1-9H,(H,20,21). The van der Waals surface area contributed by atoms with Crippen molar-refractivity contribution in [1.29, 1.82) is 0 Å². The van der Waals surface area contributed by atoms with Crippen molar-refractivity contribution >= 4 is 34.7 Å². The fraction of sp³-hybridized carbons (Fsp3) is 0. The van der Waals surface area contributed by atoms with Crippen molar-refractivity contribution in [1.82, 2.24) is 9.97 Å². The zero-order valence-electron chi connectivity index (χ0n) is 10.8. The lowest BCUT2D eigenvalue weighted by Gasteiger charge is -2.03. The molecule has 2 aromatic carbocycles. The Kier molecular flexibility index (Phi) is 3.75. The summed E-state index contributed by atoms with van der Waals surface area (Å²) >= 11 is 6.05. The highest BCUT2D eigenvalue weighted by molar-refractivity contribution is 6.32. The van der Waals surface area contributed by atoms with Gasteiger partial charge in [0, 0.05) is 0 Å². The number of para-hydroxylation sites is 2. The van der Waals surface area contributed by atoms with Crippen LogP contribution in [-0.2, 0) is 0 Å². The van der Waals surface area contributed by atoms with E-state index in [-0.39, 0.29) is 11.0 Å².